The highest BCUT2D eigenvalue weighted by atomic mass is 79.9. The maximum atomic E-state index is 5.96. The number of benzene rings is 1. The van der Waals surface area contributed by atoms with Crippen LogP contribution in [0.4, 0.5) is 5.69 Å². The molecule has 0 saturated heterocycles. The van der Waals surface area contributed by atoms with Gasteiger partial charge in [-0.1, -0.05) is 11.6 Å². The number of thiophene rings is 1. The molecule has 1 aromatic heterocycles. The van der Waals surface area contributed by atoms with Gasteiger partial charge < -0.3 is 10.1 Å². The molecular formula is C12H11BrClNOS. The standard InChI is InChI=1S/C12H11BrClNOS/c1-16-11-4-2-8(14)6-10(11)15-7-9-3-5-12(13)17-9/h2-6,15H,7H2,1H3. The number of hydrogen-bond donors (Lipinski definition) is 1. The zero-order valence-corrected chi connectivity index (χ0v) is 12.3. The van der Waals surface area contributed by atoms with Crippen molar-refractivity contribution in [2.45, 2.75) is 6.54 Å². The second-order valence-corrected chi connectivity index (χ2v) is 6.39. The topological polar surface area (TPSA) is 21.3 Å². The van der Waals surface area contributed by atoms with E-state index in [2.05, 4.69) is 27.3 Å². The molecule has 1 aromatic carbocycles. The summed E-state index contributed by atoms with van der Waals surface area (Å²) in [6.07, 6.45) is 0. The van der Waals surface area contributed by atoms with E-state index in [1.54, 1.807) is 18.4 Å². The molecule has 2 aromatic rings. The molecule has 5 heteroatoms. The maximum Gasteiger partial charge on any atom is 0.142 e. The average Bonchev–Trinajstić information content (AvgIpc) is 2.73. The first-order chi connectivity index (χ1) is 8.19. The third-order valence-electron chi connectivity index (χ3n) is 2.24. The van der Waals surface area contributed by atoms with Crippen LogP contribution in [0.3, 0.4) is 0 Å². The average molecular weight is 333 g/mol. The Labute approximate surface area is 118 Å². The smallest absolute Gasteiger partial charge is 0.142 e. The van der Waals surface area contributed by atoms with Gasteiger partial charge in [-0.25, -0.2) is 0 Å². The van der Waals surface area contributed by atoms with Gasteiger partial charge in [-0.3, -0.25) is 0 Å². The molecule has 0 aliphatic carbocycles. The summed E-state index contributed by atoms with van der Waals surface area (Å²) in [5.74, 6) is 0.796. The van der Waals surface area contributed by atoms with Gasteiger partial charge in [0.15, 0.2) is 0 Å². The molecule has 0 spiro atoms. The Morgan fingerprint density at radius 3 is 2.82 bits per heavy atom. The molecule has 0 aliphatic heterocycles. The molecule has 2 rings (SSSR count). The summed E-state index contributed by atoms with van der Waals surface area (Å²) in [5, 5.41) is 4.01. The van der Waals surface area contributed by atoms with Gasteiger partial charge in [-0.15, -0.1) is 11.3 Å². The van der Waals surface area contributed by atoms with Crippen LogP contribution in [0.2, 0.25) is 5.02 Å². The molecule has 1 N–H and O–H groups in total. The Bertz CT molecular complexity index is 515. The van der Waals surface area contributed by atoms with Gasteiger partial charge in [-0.2, -0.15) is 0 Å². The van der Waals surface area contributed by atoms with Crippen LogP contribution in [0.1, 0.15) is 4.88 Å². The first-order valence-corrected chi connectivity index (χ1v) is 6.99. The lowest BCUT2D eigenvalue weighted by Gasteiger charge is -2.10. The minimum Gasteiger partial charge on any atom is -0.495 e. The molecule has 0 fully saturated rings. The fourth-order valence-corrected chi connectivity index (χ4v) is 3.04. The lowest BCUT2D eigenvalue weighted by molar-refractivity contribution is 0.416. The number of methoxy groups -OCH3 is 1. The van der Waals surface area contributed by atoms with Crippen LogP contribution in [0, 0.1) is 0 Å². The summed E-state index contributed by atoms with van der Waals surface area (Å²) < 4.78 is 6.40. The van der Waals surface area contributed by atoms with Gasteiger partial charge in [0.05, 0.1) is 16.6 Å². The van der Waals surface area contributed by atoms with Crippen molar-refractivity contribution >= 4 is 44.6 Å². The number of ether oxygens (including phenoxy) is 1. The fraction of sp³-hybridized carbons (Fsp3) is 0.167. The van der Waals surface area contributed by atoms with Crippen molar-refractivity contribution in [3.05, 3.63) is 44.0 Å². The maximum absolute atomic E-state index is 5.96. The van der Waals surface area contributed by atoms with Crippen molar-refractivity contribution in [1.29, 1.82) is 0 Å². The normalized spacial score (nSPS) is 10.3. The molecule has 0 amide bonds. The van der Waals surface area contributed by atoms with E-state index in [-0.39, 0.29) is 0 Å². The van der Waals surface area contributed by atoms with Gasteiger partial charge in [0, 0.05) is 16.4 Å². The Balaban J connectivity index is 2.10. The van der Waals surface area contributed by atoms with Gasteiger partial charge in [0.2, 0.25) is 0 Å². The second-order valence-electron chi connectivity index (χ2n) is 3.40. The number of rotatable bonds is 4. The Morgan fingerprint density at radius 1 is 1.35 bits per heavy atom. The van der Waals surface area contributed by atoms with E-state index in [1.807, 2.05) is 24.3 Å². The number of anilines is 1. The molecule has 1 heterocycles. The lowest BCUT2D eigenvalue weighted by atomic mass is 10.3. The molecule has 0 unspecified atom stereocenters. The van der Waals surface area contributed by atoms with Crippen LogP contribution in [0.5, 0.6) is 5.75 Å². The summed E-state index contributed by atoms with van der Waals surface area (Å²) >= 11 is 11.1. The molecule has 0 atom stereocenters. The van der Waals surface area contributed by atoms with E-state index in [1.165, 1.54) is 4.88 Å². The zero-order valence-electron chi connectivity index (χ0n) is 9.17. The van der Waals surface area contributed by atoms with Crippen molar-refractivity contribution in [3.63, 3.8) is 0 Å². The quantitative estimate of drug-likeness (QED) is 0.869. The van der Waals surface area contributed by atoms with E-state index in [0.29, 0.717) is 5.02 Å². The van der Waals surface area contributed by atoms with E-state index in [9.17, 15) is 0 Å². The summed E-state index contributed by atoms with van der Waals surface area (Å²) in [6, 6.07) is 9.65. The molecule has 0 radical (unpaired) electrons. The van der Waals surface area contributed by atoms with Crippen molar-refractivity contribution in [2.24, 2.45) is 0 Å². The Hall–Kier alpha value is -0.710. The first kappa shape index (κ1) is 12.7. The number of halogens is 2. The molecular weight excluding hydrogens is 322 g/mol. The Morgan fingerprint density at radius 2 is 2.18 bits per heavy atom. The van der Waals surface area contributed by atoms with Gasteiger partial charge in [0.25, 0.3) is 0 Å². The highest BCUT2D eigenvalue weighted by Crippen LogP contribution is 2.29. The fourth-order valence-electron chi connectivity index (χ4n) is 1.45. The van der Waals surface area contributed by atoms with E-state index < -0.39 is 0 Å². The summed E-state index contributed by atoms with van der Waals surface area (Å²) in [7, 11) is 1.65. The predicted octanol–water partition coefficient (Wildman–Crippen LogP) is 4.78. The van der Waals surface area contributed by atoms with E-state index in [4.69, 9.17) is 16.3 Å². The van der Waals surface area contributed by atoms with Crippen LogP contribution in [0.15, 0.2) is 34.1 Å². The molecule has 90 valence electrons. The minimum atomic E-state index is 0.695. The lowest BCUT2D eigenvalue weighted by Crippen LogP contribution is -1.99. The highest BCUT2D eigenvalue weighted by molar-refractivity contribution is 9.11. The zero-order chi connectivity index (χ0) is 12.3. The van der Waals surface area contributed by atoms with Crippen molar-refractivity contribution in [3.8, 4) is 5.75 Å². The number of hydrogen-bond acceptors (Lipinski definition) is 3. The molecule has 0 aliphatic rings. The van der Waals surface area contributed by atoms with Crippen molar-refractivity contribution < 1.29 is 4.74 Å². The Kier molecular flexibility index (Phi) is 4.31. The molecule has 17 heavy (non-hydrogen) atoms. The first-order valence-electron chi connectivity index (χ1n) is 5.00. The third kappa shape index (κ3) is 3.37. The van der Waals surface area contributed by atoms with E-state index >= 15 is 0 Å². The van der Waals surface area contributed by atoms with Crippen LogP contribution in [-0.4, -0.2) is 7.11 Å². The van der Waals surface area contributed by atoms with Gasteiger partial charge in [0.1, 0.15) is 5.75 Å². The second kappa shape index (κ2) is 5.76. The summed E-state index contributed by atoms with van der Waals surface area (Å²) in [5.41, 5.74) is 0.907. The number of nitrogens with one attached hydrogen (secondary N) is 1. The largest absolute Gasteiger partial charge is 0.495 e. The van der Waals surface area contributed by atoms with Crippen LogP contribution in [-0.2, 0) is 6.54 Å². The van der Waals surface area contributed by atoms with Crippen LogP contribution >= 0.6 is 38.9 Å². The molecule has 2 nitrogen and oxygen atoms in total. The van der Waals surface area contributed by atoms with Gasteiger partial charge in [-0.05, 0) is 46.3 Å². The summed E-state index contributed by atoms with van der Waals surface area (Å²) in [4.78, 5) is 1.25. The third-order valence-corrected chi connectivity index (χ3v) is 4.10. The van der Waals surface area contributed by atoms with Crippen LogP contribution < -0.4 is 10.1 Å². The monoisotopic (exact) mass is 331 g/mol. The molecule has 0 saturated carbocycles. The van der Waals surface area contributed by atoms with Crippen LogP contribution in [0.25, 0.3) is 0 Å². The van der Waals surface area contributed by atoms with E-state index in [0.717, 1.165) is 21.8 Å². The van der Waals surface area contributed by atoms with Gasteiger partial charge >= 0.3 is 0 Å². The molecule has 0 bridgehead atoms. The highest BCUT2D eigenvalue weighted by Gasteiger charge is 2.04. The van der Waals surface area contributed by atoms with Crippen molar-refractivity contribution in [2.75, 3.05) is 12.4 Å². The summed E-state index contributed by atoms with van der Waals surface area (Å²) in [6.45, 7) is 0.757. The minimum absolute atomic E-state index is 0.695. The SMILES string of the molecule is COc1ccc(Cl)cc1NCc1ccc(Br)s1. The predicted molar refractivity (Wildman–Crippen MR) is 77.3 cm³/mol. The van der Waals surface area contributed by atoms with Crippen molar-refractivity contribution in [1.82, 2.24) is 0 Å².